The van der Waals surface area contributed by atoms with Gasteiger partial charge in [0, 0.05) is 18.9 Å². The van der Waals surface area contributed by atoms with Crippen LogP contribution in [0.2, 0.25) is 0 Å². The highest BCUT2D eigenvalue weighted by Crippen LogP contribution is 2.38. The second kappa shape index (κ2) is 10.3. The fourth-order valence-corrected chi connectivity index (χ4v) is 4.93. The smallest absolute Gasteiger partial charge is 0.462 e. The number of rotatable bonds is 7. The van der Waals surface area contributed by atoms with Gasteiger partial charge in [-0.1, -0.05) is 32.1 Å². The maximum absolute atomic E-state index is 12.4. The molecule has 1 aliphatic rings. The summed E-state index contributed by atoms with van der Waals surface area (Å²) in [5.41, 5.74) is 0.722. The van der Waals surface area contributed by atoms with Crippen LogP contribution in [0, 0.1) is 11.3 Å². The third kappa shape index (κ3) is 7.87. The molecule has 6 nitrogen and oxygen atoms in total. The molecule has 33 heavy (non-hydrogen) atoms. The molecular weight excluding hydrogens is 457 g/mol. The van der Waals surface area contributed by atoms with Gasteiger partial charge in [-0.25, -0.2) is 4.98 Å². The molecule has 0 spiro atoms. The van der Waals surface area contributed by atoms with Crippen molar-refractivity contribution >= 4 is 38.6 Å². The molecule has 1 aromatic carbocycles. The van der Waals surface area contributed by atoms with Crippen LogP contribution in [0.1, 0.15) is 65.7 Å². The van der Waals surface area contributed by atoms with Gasteiger partial charge in [0.2, 0.25) is 5.91 Å². The molecule has 3 rings (SSSR count). The molecule has 10 heteroatoms. The van der Waals surface area contributed by atoms with E-state index in [0.717, 1.165) is 37.0 Å². The number of nitrogens with zero attached hydrogens (tertiary/aromatic N) is 1. The van der Waals surface area contributed by atoms with Crippen molar-refractivity contribution in [2.75, 3.05) is 5.32 Å². The minimum Gasteiger partial charge on any atom is -0.462 e. The largest absolute Gasteiger partial charge is 0.573 e. The third-order valence-corrected chi connectivity index (χ3v) is 6.76. The van der Waals surface area contributed by atoms with E-state index in [4.69, 9.17) is 4.74 Å². The predicted molar refractivity (Wildman–Crippen MR) is 120 cm³/mol. The van der Waals surface area contributed by atoms with Crippen molar-refractivity contribution < 1.29 is 32.2 Å². The summed E-state index contributed by atoms with van der Waals surface area (Å²) in [4.78, 5) is 28.5. The highest BCUT2D eigenvalue weighted by atomic mass is 32.1. The van der Waals surface area contributed by atoms with Crippen LogP contribution in [-0.4, -0.2) is 29.3 Å². The Morgan fingerprint density at radius 2 is 1.82 bits per heavy atom. The highest BCUT2D eigenvalue weighted by Gasteiger charge is 2.32. The number of halogens is 3. The number of carbonyl (C=O) groups excluding carboxylic acids is 2. The Balaban J connectivity index is 1.39. The zero-order valence-electron chi connectivity index (χ0n) is 19.0. The number of anilines is 1. The Morgan fingerprint density at radius 3 is 2.45 bits per heavy atom. The number of fused-ring (bicyclic) bond motifs is 1. The number of amides is 1. The van der Waals surface area contributed by atoms with Gasteiger partial charge in [-0.15, -0.1) is 13.2 Å². The molecule has 182 valence electrons. The zero-order chi connectivity index (χ0) is 24.2. The minimum atomic E-state index is -4.78. The fraction of sp³-hybridized carbons (Fsp3) is 0.609. The number of hydrogen-bond donors (Lipinski definition) is 1. The monoisotopic (exact) mass is 486 g/mol. The van der Waals surface area contributed by atoms with Gasteiger partial charge in [-0.3, -0.25) is 9.59 Å². The van der Waals surface area contributed by atoms with Crippen LogP contribution >= 0.6 is 11.3 Å². The average molecular weight is 487 g/mol. The van der Waals surface area contributed by atoms with Crippen molar-refractivity contribution in [3.63, 3.8) is 0 Å². The average Bonchev–Trinajstić information content (AvgIpc) is 3.07. The normalized spacial score (nSPS) is 19.3. The lowest BCUT2D eigenvalue weighted by Crippen LogP contribution is -2.30. The van der Waals surface area contributed by atoms with Gasteiger partial charge in [0.05, 0.1) is 10.2 Å². The van der Waals surface area contributed by atoms with E-state index in [9.17, 15) is 22.8 Å². The third-order valence-electron chi connectivity index (χ3n) is 5.82. The van der Waals surface area contributed by atoms with Gasteiger partial charge < -0.3 is 14.8 Å². The Hall–Kier alpha value is -2.36. The summed E-state index contributed by atoms with van der Waals surface area (Å²) in [6.07, 6.45) is -0.346. The summed E-state index contributed by atoms with van der Waals surface area (Å²) >= 11 is 1.05. The van der Waals surface area contributed by atoms with Gasteiger partial charge in [-0.2, -0.15) is 0 Å². The van der Waals surface area contributed by atoms with Crippen molar-refractivity contribution in [3.05, 3.63) is 18.2 Å². The first-order chi connectivity index (χ1) is 15.4. The van der Waals surface area contributed by atoms with E-state index in [1.807, 2.05) is 0 Å². The van der Waals surface area contributed by atoms with E-state index in [2.05, 4.69) is 35.8 Å². The van der Waals surface area contributed by atoms with Gasteiger partial charge in [0.25, 0.3) is 0 Å². The number of carbonyl (C=O) groups is 2. The second-order valence-corrected chi connectivity index (χ2v) is 10.5. The Kier molecular flexibility index (Phi) is 7.87. The molecule has 1 N–H and O–H groups in total. The summed E-state index contributed by atoms with van der Waals surface area (Å²) in [6, 6.07) is 3.79. The van der Waals surface area contributed by atoms with Crippen LogP contribution in [0.5, 0.6) is 5.75 Å². The molecule has 0 aliphatic heterocycles. The van der Waals surface area contributed by atoms with Crippen molar-refractivity contribution in [1.29, 1.82) is 0 Å². The summed E-state index contributed by atoms with van der Waals surface area (Å²) in [7, 11) is 0. The van der Waals surface area contributed by atoms with E-state index in [-0.39, 0.29) is 47.1 Å². The number of hydrogen-bond acceptors (Lipinski definition) is 6. The minimum absolute atomic E-state index is 0.0427. The summed E-state index contributed by atoms with van der Waals surface area (Å²) in [5, 5.41) is 2.90. The van der Waals surface area contributed by atoms with E-state index < -0.39 is 6.36 Å². The number of esters is 1. The van der Waals surface area contributed by atoms with Crippen LogP contribution in [-0.2, 0) is 14.3 Å². The first-order valence-electron chi connectivity index (χ1n) is 11.0. The molecule has 1 aliphatic carbocycles. The Morgan fingerprint density at radius 1 is 1.12 bits per heavy atom. The fourth-order valence-electron chi connectivity index (χ4n) is 4.02. The van der Waals surface area contributed by atoms with Gasteiger partial charge in [-0.05, 0) is 55.6 Å². The van der Waals surface area contributed by atoms with E-state index >= 15 is 0 Å². The lowest BCUT2D eigenvalue weighted by Gasteiger charge is -2.36. The van der Waals surface area contributed by atoms with Crippen molar-refractivity contribution in [3.8, 4) is 5.75 Å². The van der Waals surface area contributed by atoms with Crippen LogP contribution in [0.15, 0.2) is 18.2 Å². The standard InChI is InChI=1S/C23H29F3N2O4S/c1-22(2,3)14-7-9-15(10-8-14)31-20(30)6-4-5-19(29)28-21-27-17-12-11-16(13-18(17)33-21)32-23(24,25)26/h11-15H,4-10H2,1-3H3,(H,27,28,29). The van der Waals surface area contributed by atoms with Gasteiger partial charge >= 0.3 is 12.3 Å². The van der Waals surface area contributed by atoms with Crippen molar-refractivity contribution in [2.24, 2.45) is 11.3 Å². The molecule has 1 fully saturated rings. The van der Waals surface area contributed by atoms with Crippen LogP contribution in [0.25, 0.3) is 10.2 Å². The summed E-state index contributed by atoms with van der Waals surface area (Å²) in [5.74, 6) is -0.317. The summed E-state index contributed by atoms with van der Waals surface area (Å²) in [6.45, 7) is 6.72. The predicted octanol–water partition coefficient (Wildman–Crippen LogP) is 6.45. The zero-order valence-corrected chi connectivity index (χ0v) is 19.8. The van der Waals surface area contributed by atoms with Gasteiger partial charge in [0.1, 0.15) is 11.9 Å². The molecule has 0 atom stereocenters. The van der Waals surface area contributed by atoms with Crippen molar-refractivity contribution in [2.45, 2.75) is 78.2 Å². The topological polar surface area (TPSA) is 77.5 Å². The molecule has 0 unspecified atom stereocenters. The number of alkyl halides is 3. The highest BCUT2D eigenvalue weighted by molar-refractivity contribution is 7.22. The molecule has 1 heterocycles. The maximum atomic E-state index is 12.4. The second-order valence-electron chi connectivity index (χ2n) is 9.43. The van der Waals surface area contributed by atoms with Crippen LogP contribution in [0.4, 0.5) is 18.3 Å². The lowest BCUT2D eigenvalue weighted by molar-refractivity contribution is -0.274. The quantitative estimate of drug-likeness (QED) is 0.455. The number of thiazole rings is 1. The first-order valence-corrected chi connectivity index (χ1v) is 11.9. The summed E-state index contributed by atoms with van der Waals surface area (Å²) < 4.78 is 47.0. The molecular formula is C23H29F3N2O4S. The molecule has 1 amide bonds. The molecule has 1 saturated carbocycles. The number of benzene rings is 1. The molecule has 1 aromatic heterocycles. The number of nitrogens with one attached hydrogen (secondary N) is 1. The maximum Gasteiger partial charge on any atom is 0.573 e. The molecule has 0 radical (unpaired) electrons. The number of ether oxygens (including phenoxy) is 2. The molecule has 2 aromatic rings. The molecule has 0 saturated heterocycles. The van der Waals surface area contributed by atoms with E-state index in [0.29, 0.717) is 22.6 Å². The van der Waals surface area contributed by atoms with Crippen LogP contribution < -0.4 is 10.1 Å². The Labute approximate surface area is 194 Å². The van der Waals surface area contributed by atoms with E-state index in [1.54, 1.807) is 0 Å². The van der Waals surface area contributed by atoms with Crippen molar-refractivity contribution in [1.82, 2.24) is 4.98 Å². The molecule has 0 bridgehead atoms. The SMILES string of the molecule is CC(C)(C)C1CCC(OC(=O)CCCC(=O)Nc2nc3ccc(OC(F)(F)F)cc3s2)CC1. The number of aromatic nitrogens is 1. The van der Waals surface area contributed by atoms with E-state index in [1.165, 1.54) is 18.2 Å². The Bertz CT molecular complexity index is 976. The van der Waals surface area contributed by atoms with Crippen LogP contribution in [0.3, 0.4) is 0 Å². The van der Waals surface area contributed by atoms with Gasteiger partial charge in [0.15, 0.2) is 5.13 Å². The lowest BCUT2D eigenvalue weighted by atomic mass is 9.72. The first kappa shape index (κ1) is 25.3.